The number of hydrogen-bond acceptors (Lipinski definition) is 3. The van der Waals surface area contributed by atoms with Crippen molar-refractivity contribution in [1.29, 1.82) is 0 Å². The summed E-state index contributed by atoms with van der Waals surface area (Å²) in [5, 5.41) is 2.78. The van der Waals surface area contributed by atoms with Crippen molar-refractivity contribution >= 4 is 33.7 Å². The Labute approximate surface area is 136 Å². The molecule has 0 aliphatic carbocycles. The Balaban J connectivity index is 1.88. The second-order valence-electron chi connectivity index (χ2n) is 4.72. The van der Waals surface area contributed by atoms with E-state index in [0.717, 1.165) is 21.3 Å². The molecule has 1 aliphatic rings. The zero-order valence-corrected chi connectivity index (χ0v) is 13.4. The van der Waals surface area contributed by atoms with Gasteiger partial charge in [-0.1, -0.05) is 28.1 Å². The summed E-state index contributed by atoms with van der Waals surface area (Å²) in [5.41, 5.74) is 2.16. The Kier molecular flexibility index (Phi) is 4.06. The maximum Gasteiger partial charge on any atom is 0.275 e. The van der Waals surface area contributed by atoms with E-state index in [1.807, 2.05) is 48.5 Å². The van der Waals surface area contributed by atoms with E-state index >= 15 is 0 Å². The summed E-state index contributed by atoms with van der Waals surface area (Å²) in [6.45, 7) is 0. The molecule has 1 aliphatic heterocycles. The number of ether oxygens (including phenoxy) is 1. The molecule has 110 valence electrons. The number of hydrogen-bond donors (Lipinski definition) is 1. The van der Waals surface area contributed by atoms with Crippen LogP contribution in [0.1, 0.15) is 11.1 Å². The number of methoxy groups -OCH3 is 1. The Bertz CT molecular complexity index is 762. The highest BCUT2D eigenvalue weighted by molar-refractivity contribution is 9.10. The molecule has 0 aromatic heterocycles. The molecule has 1 heterocycles. The minimum absolute atomic E-state index is 0.200. The first kappa shape index (κ1) is 14.5. The molecule has 4 nitrogen and oxygen atoms in total. The fourth-order valence-corrected chi connectivity index (χ4v) is 2.34. The van der Waals surface area contributed by atoms with E-state index in [1.165, 1.54) is 0 Å². The topological polar surface area (TPSA) is 50.7 Å². The number of aliphatic imine (C=N–C) groups is 1. The van der Waals surface area contributed by atoms with Crippen LogP contribution in [0.2, 0.25) is 0 Å². The number of nitrogens with one attached hydrogen (secondary N) is 1. The monoisotopic (exact) mass is 356 g/mol. The first-order valence-corrected chi connectivity index (χ1v) is 7.47. The molecular weight excluding hydrogens is 344 g/mol. The average molecular weight is 357 g/mol. The van der Waals surface area contributed by atoms with Crippen LogP contribution in [0, 0.1) is 0 Å². The minimum Gasteiger partial charge on any atom is -0.497 e. The van der Waals surface area contributed by atoms with Gasteiger partial charge in [-0.3, -0.25) is 4.79 Å². The lowest BCUT2D eigenvalue weighted by Gasteiger charge is -2.02. The number of amides is 1. The summed E-state index contributed by atoms with van der Waals surface area (Å²) in [6, 6.07) is 15.1. The second kappa shape index (κ2) is 6.15. The summed E-state index contributed by atoms with van der Waals surface area (Å²) in [7, 11) is 1.61. The van der Waals surface area contributed by atoms with Gasteiger partial charge in [-0.15, -0.1) is 0 Å². The van der Waals surface area contributed by atoms with E-state index in [9.17, 15) is 4.79 Å². The summed E-state index contributed by atoms with van der Waals surface area (Å²) >= 11 is 3.38. The van der Waals surface area contributed by atoms with Crippen LogP contribution in [0.4, 0.5) is 0 Å². The highest BCUT2D eigenvalue weighted by atomic mass is 79.9. The van der Waals surface area contributed by atoms with Crippen molar-refractivity contribution in [1.82, 2.24) is 5.32 Å². The summed E-state index contributed by atoms with van der Waals surface area (Å²) in [6.07, 6.45) is 1.76. The van der Waals surface area contributed by atoms with Crippen molar-refractivity contribution in [3.05, 3.63) is 69.8 Å². The van der Waals surface area contributed by atoms with E-state index in [2.05, 4.69) is 26.2 Å². The molecule has 22 heavy (non-hydrogen) atoms. The fourth-order valence-electron chi connectivity index (χ4n) is 2.07. The van der Waals surface area contributed by atoms with Gasteiger partial charge >= 0.3 is 0 Å². The van der Waals surface area contributed by atoms with Crippen LogP contribution in [0.5, 0.6) is 5.75 Å². The Morgan fingerprint density at radius 2 is 1.77 bits per heavy atom. The zero-order chi connectivity index (χ0) is 15.5. The van der Waals surface area contributed by atoms with Crippen LogP contribution >= 0.6 is 15.9 Å². The standard InChI is InChI=1S/C17H13BrN2O2/c1-22-14-8-4-12(5-9-14)16-19-15(17(21)20-16)10-11-2-6-13(18)7-3-11/h2-10H,1H3,(H,19,20,21)/b15-10+. The van der Waals surface area contributed by atoms with Crippen LogP contribution in [0.25, 0.3) is 6.08 Å². The van der Waals surface area contributed by atoms with Crippen molar-refractivity contribution < 1.29 is 9.53 Å². The van der Waals surface area contributed by atoms with Gasteiger partial charge < -0.3 is 10.1 Å². The quantitative estimate of drug-likeness (QED) is 0.857. The molecule has 1 N–H and O–H groups in total. The van der Waals surface area contributed by atoms with E-state index in [4.69, 9.17) is 4.74 Å². The number of carbonyl (C=O) groups is 1. The lowest BCUT2D eigenvalue weighted by atomic mass is 10.2. The predicted octanol–water partition coefficient (Wildman–Crippen LogP) is 3.38. The molecule has 3 rings (SSSR count). The lowest BCUT2D eigenvalue weighted by molar-refractivity contribution is -0.115. The third-order valence-electron chi connectivity index (χ3n) is 3.23. The minimum atomic E-state index is -0.200. The van der Waals surface area contributed by atoms with Gasteiger partial charge in [-0.05, 0) is 48.0 Å². The molecule has 0 bridgehead atoms. The van der Waals surface area contributed by atoms with Gasteiger partial charge in [-0.25, -0.2) is 4.99 Å². The van der Waals surface area contributed by atoms with Crippen molar-refractivity contribution in [2.24, 2.45) is 4.99 Å². The average Bonchev–Trinajstić information content (AvgIpc) is 2.91. The van der Waals surface area contributed by atoms with E-state index in [1.54, 1.807) is 13.2 Å². The Morgan fingerprint density at radius 3 is 2.41 bits per heavy atom. The molecule has 0 spiro atoms. The second-order valence-corrected chi connectivity index (χ2v) is 5.64. The molecule has 0 atom stereocenters. The summed E-state index contributed by atoms with van der Waals surface area (Å²) in [5.74, 6) is 1.11. The Hall–Kier alpha value is -2.40. The van der Waals surface area contributed by atoms with Gasteiger partial charge in [0.25, 0.3) is 5.91 Å². The molecule has 5 heteroatoms. The van der Waals surface area contributed by atoms with Gasteiger partial charge in [0.15, 0.2) is 0 Å². The van der Waals surface area contributed by atoms with Crippen molar-refractivity contribution in [3.8, 4) is 5.75 Å². The van der Waals surface area contributed by atoms with Gasteiger partial charge in [0.1, 0.15) is 17.3 Å². The molecule has 0 fully saturated rings. The highest BCUT2D eigenvalue weighted by Crippen LogP contribution is 2.18. The SMILES string of the molecule is COc1ccc(C2=N/C(=C/c3ccc(Br)cc3)C(=O)N2)cc1. The summed E-state index contributed by atoms with van der Waals surface area (Å²) in [4.78, 5) is 16.4. The normalized spacial score (nSPS) is 15.6. The number of benzene rings is 2. The first-order chi connectivity index (χ1) is 10.7. The third kappa shape index (κ3) is 3.09. The number of halogens is 1. The van der Waals surface area contributed by atoms with Crippen LogP contribution in [0.3, 0.4) is 0 Å². The van der Waals surface area contributed by atoms with Crippen LogP contribution in [-0.4, -0.2) is 18.9 Å². The lowest BCUT2D eigenvalue weighted by Crippen LogP contribution is -2.24. The number of rotatable bonds is 3. The molecule has 0 saturated heterocycles. The van der Waals surface area contributed by atoms with E-state index < -0.39 is 0 Å². The summed E-state index contributed by atoms with van der Waals surface area (Å²) < 4.78 is 6.11. The van der Waals surface area contributed by atoms with Crippen LogP contribution < -0.4 is 10.1 Å². The fraction of sp³-hybridized carbons (Fsp3) is 0.0588. The van der Waals surface area contributed by atoms with Crippen molar-refractivity contribution in [2.75, 3.05) is 7.11 Å². The molecule has 0 unspecified atom stereocenters. The van der Waals surface area contributed by atoms with Gasteiger partial charge in [-0.2, -0.15) is 0 Å². The van der Waals surface area contributed by atoms with E-state index in [-0.39, 0.29) is 5.91 Å². The van der Waals surface area contributed by atoms with Crippen LogP contribution in [-0.2, 0) is 4.79 Å². The molecule has 2 aromatic rings. The number of nitrogens with zero attached hydrogens (tertiary/aromatic N) is 1. The van der Waals surface area contributed by atoms with Crippen molar-refractivity contribution in [2.45, 2.75) is 0 Å². The first-order valence-electron chi connectivity index (χ1n) is 6.67. The maximum atomic E-state index is 12.0. The molecular formula is C17H13BrN2O2. The van der Waals surface area contributed by atoms with Gasteiger partial charge in [0.05, 0.1) is 7.11 Å². The smallest absolute Gasteiger partial charge is 0.275 e. The maximum absolute atomic E-state index is 12.0. The largest absolute Gasteiger partial charge is 0.497 e. The molecule has 0 radical (unpaired) electrons. The Morgan fingerprint density at radius 1 is 1.09 bits per heavy atom. The number of carbonyl (C=O) groups excluding carboxylic acids is 1. The molecule has 1 amide bonds. The van der Waals surface area contributed by atoms with Gasteiger partial charge in [0, 0.05) is 10.0 Å². The highest BCUT2D eigenvalue weighted by Gasteiger charge is 2.20. The van der Waals surface area contributed by atoms with Crippen LogP contribution in [0.15, 0.2) is 63.7 Å². The molecule has 0 saturated carbocycles. The third-order valence-corrected chi connectivity index (χ3v) is 3.76. The molecule has 2 aromatic carbocycles. The predicted molar refractivity (Wildman–Crippen MR) is 89.8 cm³/mol. The number of amidine groups is 1. The van der Waals surface area contributed by atoms with Crippen molar-refractivity contribution in [3.63, 3.8) is 0 Å². The van der Waals surface area contributed by atoms with E-state index in [0.29, 0.717) is 11.5 Å². The zero-order valence-electron chi connectivity index (χ0n) is 11.8. The van der Waals surface area contributed by atoms with Gasteiger partial charge in [0.2, 0.25) is 0 Å².